The Morgan fingerprint density at radius 2 is 1.02 bits per heavy atom. The van der Waals surface area contributed by atoms with Crippen LogP contribution in [0.15, 0.2) is 61.2 Å². The van der Waals surface area contributed by atoms with Crippen molar-refractivity contribution in [3.05, 3.63) is 72.3 Å². The summed E-state index contributed by atoms with van der Waals surface area (Å²) in [6, 6.07) is 13.6. The van der Waals surface area contributed by atoms with E-state index in [2.05, 4.69) is 65.8 Å². The Hall–Kier alpha value is -1.33. The van der Waals surface area contributed by atoms with E-state index in [9.17, 15) is 0 Å². The van der Waals surface area contributed by atoms with Gasteiger partial charge in [-0.2, -0.15) is 0 Å². The van der Waals surface area contributed by atoms with Crippen molar-refractivity contribution in [3.63, 3.8) is 0 Å². The Balaban J connectivity index is 1.12. The summed E-state index contributed by atoms with van der Waals surface area (Å²) in [7, 11) is 1.13. The van der Waals surface area contributed by atoms with E-state index < -0.39 is 7.92 Å². The molecule has 0 N–H and O–H groups in total. The van der Waals surface area contributed by atoms with E-state index in [1.807, 2.05) is 36.9 Å². The molecule has 4 nitrogen and oxygen atoms in total. The number of rotatable bonds is 9. The van der Waals surface area contributed by atoms with Gasteiger partial charge in [0.2, 0.25) is 0 Å². The average Bonchev–Trinajstić information content (AvgIpc) is 3.05. The van der Waals surface area contributed by atoms with E-state index in [0.717, 1.165) is 58.1 Å². The lowest BCUT2D eigenvalue weighted by atomic mass is 9.43. The zero-order valence-electron chi connectivity index (χ0n) is 32.1. The molecule has 0 spiro atoms. The van der Waals surface area contributed by atoms with Crippen LogP contribution in [0.1, 0.15) is 135 Å². The van der Waals surface area contributed by atoms with Crippen molar-refractivity contribution < 1.29 is 0 Å². The van der Waals surface area contributed by atoms with Crippen molar-refractivity contribution in [3.8, 4) is 0 Å². The van der Waals surface area contributed by atoms with Crippen molar-refractivity contribution in [1.29, 1.82) is 0 Å². The van der Waals surface area contributed by atoms with Gasteiger partial charge < -0.3 is 0 Å². The van der Waals surface area contributed by atoms with Crippen LogP contribution in [0.25, 0.3) is 0 Å². The molecule has 51 heavy (non-hydrogen) atoms. The SMILES string of the molecule is CC(C)(C)C12CC3CC(CC(PC(PC45CC6CC(C4)CC(C(C)(C)C)(C6)C5)c4ccccc4CP(c4ncccn4)c4ncccn4)(C3)C1)C2. The lowest BCUT2D eigenvalue weighted by molar-refractivity contribution is -0.103. The lowest BCUT2D eigenvalue weighted by Gasteiger charge is -2.68. The van der Waals surface area contributed by atoms with E-state index in [-0.39, 0.29) is 0 Å². The van der Waals surface area contributed by atoms with Gasteiger partial charge in [0.05, 0.1) is 0 Å². The molecular formula is C44H61N4P3. The second-order valence-electron chi connectivity index (χ2n) is 20.6. The molecule has 11 rings (SSSR count). The molecule has 1 aromatic carbocycles. The quantitative estimate of drug-likeness (QED) is 0.205. The molecule has 0 aliphatic heterocycles. The minimum absolute atomic E-state index is 0.385. The van der Waals surface area contributed by atoms with Crippen LogP contribution in [0.4, 0.5) is 0 Å². The standard InChI is InChI=1S/C44H61N4P3/c1-39(2,3)41-19-30-17-31(20-41)24-43(23-30,28-41)49-36(50-44-25-32-18-33(26-44)22-42(21-32,29-44)40(4,5)6)35-12-8-7-11-34(35)27-51(37-45-13-9-14-46-37)38-47-15-10-16-48-38/h7-16,30-33,36,49-50H,17-29H2,1-6H3. The predicted molar refractivity (Wildman–Crippen MR) is 218 cm³/mol. The highest BCUT2D eigenvalue weighted by Gasteiger charge is 2.64. The van der Waals surface area contributed by atoms with Crippen molar-refractivity contribution >= 4 is 36.2 Å². The second-order valence-corrected chi connectivity index (χ2v) is 27.1. The fourth-order valence-corrected chi connectivity index (χ4v) is 22.3. The molecular weight excluding hydrogens is 677 g/mol. The molecule has 2 aromatic heterocycles. The maximum absolute atomic E-state index is 4.82. The van der Waals surface area contributed by atoms with Gasteiger partial charge in [-0.25, -0.2) is 19.9 Å². The van der Waals surface area contributed by atoms with Crippen molar-refractivity contribution in [1.82, 2.24) is 19.9 Å². The van der Waals surface area contributed by atoms with Gasteiger partial charge in [0.15, 0.2) is 11.1 Å². The molecule has 6 atom stereocenters. The summed E-state index contributed by atoms with van der Waals surface area (Å²) in [5.41, 5.74) is 6.80. The fourth-order valence-electron chi connectivity index (χ4n) is 13.6. The lowest BCUT2D eigenvalue weighted by Crippen LogP contribution is -2.58. The van der Waals surface area contributed by atoms with Gasteiger partial charge in [-0.05, 0) is 156 Å². The third-order valence-electron chi connectivity index (χ3n) is 15.5. The summed E-state index contributed by atoms with van der Waals surface area (Å²) in [6.45, 7) is 15.5. The van der Waals surface area contributed by atoms with Gasteiger partial charge in [0.1, 0.15) is 0 Å². The van der Waals surface area contributed by atoms with E-state index >= 15 is 0 Å². The van der Waals surface area contributed by atoms with Crippen LogP contribution in [0.2, 0.25) is 0 Å². The highest BCUT2D eigenvalue weighted by Crippen LogP contribution is 2.78. The van der Waals surface area contributed by atoms with E-state index in [0.29, 0.717) is 37.4 Å². The Morgan fingerprint density at radius 3 is 1.43 bits per heavy atom. The maximum Gasteiger partial charge on any atom is 0.158 e. The van der Waals surface area contributed by atoms with Crippen molar-refractivity contribution in [2.75, 3.05) is 0 Å². The molecule has 6 unspecified atom stereocenters. The smallest absolute Gasteiger partial charge is 0.158 e. The molecule has 8 aliphatic carbocycles. The first-order chi connectivity index (χ1) is 24.3. The molecule has 3 aromatic rings. The molecule has 272 valence electrons. The average molecular weight is 739 g/mol. The van der Waals surface area contributed by atoms with Crippen LogP contribution in [0.5, 0.6) is 0 Å². The summed E-state index contributed by atoms with van der Waals surface area (Å²) < 4.78 is 0. The normalized spacial score (nSPS) is 37.8. The first-order valence-electron chi connectivity index (χ1n) is 20.2. The van der Waals surface area contributed by atoms with E-state index in [1.54, 1.807) is 5.56 Å². The molecule has 0 amide bonds. The third-order valence-corrected chi connectivity index (χ3v) is 22.0. The zero-order chi connectivity index (χ0) is 35.3. The second kappa shape index (κ2) is 12.6. The topological polar surface area (TPSA) is 51.6 Å². The van der Waals surface area contributed by atoms with Crippen molar-refractivity contribution in [2.45, 2.75) is 140 Å². The van der Waals surface area contributed by atoms with Crippen LogP contribution >= 0.6 is 25.1 Å². The summed E-state index contributed by atoms with van der Waals surface area (Å²) in [5, 5.41) is 1.68. The Morgan fingerprint density at radius 1 is 0.608 bits per heavy atom. The minimum Gasteiger partial charge on any atom is -0.237 e. The number of benzene rings is 1. The highest BCUT2D eigenvalue weighted by atomic mass is 31.1. The highest BCUT2D eigenvalue weighted by molar-refractivity contribution is 7.71. The molecule has 2 heterocycles. The number of hydrogen-bond donors (Lipinski definition) is 0. The van der Waals surface area contributed by atoms with Gasteiger partial charge in [0, 0.05) is 44.3 Å². The molecule has 0 radical (unpaired) electrons. The monoisotopic (exact) mass is 738 g/mol. The Labute approximate surface area is 313 Å². The van der Waals surface area contributed by atoms with Gasteiger partial charge in [-0.15, -0.1) is 17.2 Å². The minimum atomic E-state index is -0.918. The zero-order valence-corrected chi connectivity index (χ0v) is 35.0. The van der Waals surface area contributed by atoms with Crippen LogP contribution in [-0.4, -0.2) is 30.2 Å². The van der Waals surface area contributed by atoms with Crippen LogP contribution < -0.4 is 11.1 Å². The summed E-state index contributed by atoms with van der Waals surface area (Å²) in [4.78, 5) is 19.3. The van der Waals surface area contributed by atoms with Crippen LogP contribution in [-0.2, 0) is 6.16 Å². The number of nitrogens with zero attached hydrogens (tertiary/aromatic N) is 4. The fraction of sp³-hybridized carbons (Fsp3) is 0.682. The number of hydrogen-bond acceptors (Lipinski definition) is 4. The molecule has 8 saturated carbocycles. The Kier molecular flexibility index (Phi) is 8.74. The molecule has 8 fully saturated rings. The molecule has 0 saturated heterocycles. The van der Waals surface area contributed by atoms with Crippen LogP contribution in [0, 0.1) is 45.3 Å². The van der Waals surface area contributed by atoms with Gasteiger partial charge in [-0.1, -0.05) is 65.8 Å². The molecule has 8 aliphatic rings. The maximum atomic E-state index is 4.82. The predicted octanol–water partition coefficient (Wildman–Crippen LogP) is 11.0. The first-order valence-corrected chi connectivity index (χ1v) is 23.9. The Bertz CT molecular complexity index is 1600. The van der Waals surface area contributed by atoms with Gasteiger partial charge >= 0.3 is 0 Å². The van der Waals surface area contributed by atoms with Crippen molar-refractivity contribution in [2.24, 2.45) is 45.3 Å². The largest absolute Gasteiger partial charge is 0.237 e. The third kappa shape index (κ3) is 6.30. The van der Waals surface area contributed by atoms with E-state index in [4.69, 9.17) is 19.9 Å². The summed E-state index contributed by atoms with van der Waals surface area (Å²) in [5.74, 6) is 3.77. The first kappa shape index (κ1) is 35.4. The van der Waals surface area contributed by atoms with Gasteiger partial charge in [0.25, 0.3) is 0 Å². The number of aromatic nitrogens is 4. The molecule has 7 heteroatoms. The summed E-state index contributed by atoms with van der Waals surface area (Å²) >= 11 is 0. The van der Waals surface area contributed by atoms with Gasteiger partial charge in [-0.3, -0.25) is 0 Å². The summed E-state index contributed by atoms with van der Waals surface area (Å²) in [6.07, 6.45) is 26.4. The van der Waals surface area contributed by atoms with Crippen LogP contribution in [0.3, 0.4) is 0 Å². The molecule has 8 bridgehead atoms. The van der Waals surface area contributed by atoms with E-state index in [1.165, 1.54) is 82.6 Å².